The van der Waals surface area contributed by atoms with Crippen molar-refractivity contribution >= 4 is 45.3 Å². The van der Waals surface area contributed by atoms with Crippen molar-refractivity contribution in [1.82, 2.24) is 0 Å². The van der Waals surface area contributed by atoms with Crippen LogP contribution in [0.4, 0.5) is 5.69 Å². The number of para-hydroxylation sites is 1. The van der Waals surface area contributed by atoms with Gasteiger partial charge in [-0.25, -0.2) is 4.79 Å². The first-order chi connectivity index (χ1) is 13.5. The molecule has 0 aromatic heterocycles. The van der Waals surface area contributed by atoms with E-state index < -0.39 is 5.97 Å². The molecule has 0 fully saturated rings. The zero-order valence-electron chi connectivity index (χ0n) is 15.5. The Hall–Kier alpha value is -2.93. The number of benzene rings is 2. The van der Waals surface area contributed by atoms with E-state index >= 15 is 0 Å². The fraction of sp³-hybridized carbons (Fsp3) is 0.190. The molecule has 6 nitrogen and oxygen atoms in total. The number of ether oxygens (including phenoxy) is 2. The zero-order valence-corrected chi connectivity index (χ0v) is 17.1. The fourth-order valence-corrected chi connectivity index (χ4v) is 3.07. The van der Waals surface area contributed by atoms with Crippen LogP contribution < -0.4 is 9.75 Å². The lowest BCUT2D eigenvalue weighted by molar-refractivity contribution is -0.145. The predicted octanol–water partition coefficient (Wildman–Crippen LogP) is 4.20. The van der Waals surface area contributed by atoms with Crippen molar-refractivity contribution in [2.45, 2.75) is 13.8 Å². The molecule has 0 spiro atoms. The van der Waals surface area contributed by atoms with Gasteiger partial charge >= 0.3 is 5.97 Å². The lowest BCUT2D eigenvalue weighted by Crippen LogP contribution is -2.21. The maximum Gasteiger partial charge on any atom is 0.344 e. The van der Waals surface area contributed by atoms with E-state index in [4.69, 9.17) is 9.47 Å². The second-order valence-corrected chi connectivity index (χ2v) is 6.89. The van der Waals surface area contributed by atoms with E-state index in [9.17, 15) is 9.59 Å². The molecule has 0 N–H and O–H groups in total. The van der Waals surface area contributed by atoms with Crippen LogP contribution in [0.15, 0.2) is 63.7 Å². The Morgan fingerprint density at radius 3 is 2.68 bits per heavy atom. The van der Waals surface area contributed by atoms with Crippen LogP contribution in [-0.4, -0.2) is 30.8 Å². The number of anilines is 1. The number of hydrogen-bond donors (Lipinski definition) is 0. The van der Waals surface area contributed by atoms with Gasteiger partial charge in [-0.15, -0.1) is 0 Å². The van der Waals surface area contributed by atoms with Gasteiger partial charge in [0.1, 0.15) is 5.75 Å². The second kappa shape index (κ2) is 8.84. The first-order valence-corrected chi connectivity index (χ1v) is 9.53. The minimum Gasteiger partial charge on any atom is -0.481 e. The lowest BCUT2D eigenvalue weighted by Gasteiger charge is -2.12. The molecule has 0 bridgehead atoms. The molecule has 0 aliphatic carbocycles. The summed E-state index contributed by atoms with van der Waals surface area (Å²) in [7, 11) is 0. The van der Waals surface area contributed by atoms with E-state index in [0.29, 0.717) is 34.9 Å². The van der Waals surface area contributed by atoms with Crippen molar-refractivity contribution in [3.63, 3.8) is 0 Å². The molecule has 0 saturated heterocycles. The summed E-state index contributed by atoms with van der Waals surface area (Å²) in [6.45, 7) is 3.60. The zero-order chi connectivity index (χ0) is 20.1. The largest absolute Gasteiger partial charge is 0.481 e. The molecule has 1 amide bonds. The van der Waals surface area contributed by atoms with Gasteiger partial charge in [-0.05, 0) is 50.3 Å². The third-order valence-corrected chi connectivity index (χ3v) is 4.48. The summed E-state index contributed by atoms with van der Waals surface area (Å²) in [5, 5.41) is 5.75. The van der Waals surface area contributed by atoms with Crippen molar-refractivity contribution in [3.8, 4) is 5.75 Å². The van der Waals surface area contributed by atoms with Crippen LogP contribution in [0.2, 0.25) is 0 Å². The number of esters is 1. The van der Waals surface area contributed by atoms with Gasteiger partial charge in [-0.1, -0.05) is 34.1 Å². The summed E-state index contributed by atoms with van der Waals surface area (Å²) in [6.07, 6.45) is 1.72. The van der Waals surface area contributed by atoms with Crippen LogP contribution in [-0.2, 0) is 14.3 Å². The van der Waals surface area contributed by atoms with E-state index in [-0.39, 0.29) is 12.5 Å². The van der Waals surface area contributed by atoms with Crippen LogP contribution in [0, 0.1) is 0 Å². The summed E-state index contributed by atoms with van der Waals surface area (Å²) in [6, 6.07) is 14.6. The number of hydrazone groups is 1. The van der Waals surface area contributed by atoms with E-state index in [0.717, 1.165) is 4.47 Å². The normalized spacial score (nSPS) is 15.0. The number of carbonyl (C=O) groups excluding carboxylic acids is 2. The van der Waals surface area contributed by atoms with E-state index in [2.05, 4.69) is 21.0 Å². The minimum atomic E-state index is -0.450. The molecule has 1 aliphatic rings. The van der Waals surface area contributed by atoms with Crippen LogP contribution >= 0.6 is 15.9 Å². The Morgan fingerprint density at radius 2 is 1.96 bits per heavy atom. The summed E-state index contributed by atoms with van der Waals surface area (Å²) < 4.78 is 11.3. The molecular weight excluding hydrogens is 424 g/mol. The van der Waals surface area contributed by atoms with Crippen LogP contribution in [0.1, 0.15) is 19.4 Å². The van der Waals surface area contributed by atoms with Crippen molar-refractivity contribution in [1.29, 1.82) is 0 Å². The molecule has 0 atom stereocenters. The highest BCUT2D eigenvalue weighted by molar-refractivity contribution is 9.10. The fourth-order valence-electron chi connectivity index (χ4n) is 2.69. The van der Waals surface area contributed by atoms with Gasteiger partial charge in [0.25, 0.3) is 5.91 Å². The standard InChI is InChI=1S/C21H19BrN2O4/c1-3-27-20(25)13-28-19-10-9-16(22)11-15(19)12-18-14(2)23-24(21(18)26)17-7-5-4-6-8-17/h4-12H,3,13H2,1-2H3/b18-12+. The van der Waals surface area contributed by atoms with Crippen molar-refractivity contribution in [3.05, 3.63) is 64.1 Å². The molecule has 28 heavy (non-hydrogen) atoms. The van der Waals surface area contributed by atoms with Crippen LogP contribution in [0.25, 0.3) is 6.08 Å². The van der Waals surface area contributed by atoms with Gasteiger partial charge in [-0.2, -0.15) is 10.1 Å². The average Bonchev–Trinajstić information content (AvgIpc) is 2.96. The number of amides is 1. The molecule has 1 heterocycles. The molecule has 0 saturated carbocycles. The summed E-state index contributed by atoms with van der Waals surface area (Å²) >= 11 is 3.43. The smallest absolute Gasteiger partial charge is 0.344 e. The van der Waals surface area contributed by atoms with Crippen LogP contribution in [0.5, 0.6) is 5.75 Å². The third kappa shape index (κ3) is 4.48. The molecule has 7 heteroatoms. The van der Waals surface area contributed by atoms with Gasteiger partial charge in [0.2, 0.25) is 0 Å². The molecule has 2 aromatic carbocycles. The summed E-state index contributed by atoms with van der Waals surface area (Å²) in [5.74, 6) is -0.198. The summed E-state index contributed by atoms with van der Waals surface area (Å²) in [5.41, 5.74) is 2.42. The Morgan fingerprint density at radius 1 is 1.21 bits per heavy atom. The molecule has 144 valence electrons. The molecule has 0 radical (unpaired) electrons. The highest BCUT2D eigenvalue weighted by Crippen LogP contribution is 2.29. The van der Waals surface area contributed by atoms with Gasteiger partial charge in [-0.3, -0.25) is 4.79 Å². The Balaban J connectivity index is 1.88. The molecule has 3 rings (SSSR count). The van der Waals surface area contributed by atoms with E-state index in [1.807, 2.05) is 36.4 Å². The number of rotatable bonds is 6. The number of hydrogen-bond acceptors (Lipinski definition) is 5. The van der Waals surface area contributed by atoms with Gasteiger partial charge < -0.3 is 9.47 Å². The van der Waals surface area contributed by atoms with E-state index in [1.165, 1.54) is 5.01 Å². The lowest BCUT2D eigenvalue weighted by atomic mass is 10.1. The number of halogens is 1. The highest BCUT2D eigenvalue weighted by atomic mass is 79.9. The Labute approximate surface area is 171 Å². The Kier molecular flexibility index (Phi) is 6.26. The van der Waals surface area contributed by atoms with Gasteiger partial charge in [0, 0.05) is 10.0 Å². The first-order valence-electron chi connectivity index (χ1n) is 8.74. The monoisotopic (exact) mass is 442 g/mol. The quantitative estimate of drug-likeness (QED) is 0.496. The van der Waals surface area contributed by atoms with Gasteiger partial charge in [0.05, 0.1) is 23.6 Å². The minimum absolute atomic E-state index is 0.206. The SMILES string of the molecule is CCOC(=O)COc1ccc(Br)cc1/C=C1/C(=O)N(c2ccccc2)N=C1C. The van der Waals surface area contributed by atoms with Crippen molar-refractivity contribution < 1.29 is 19.1 Å². The Bertz CT molecular complexity index is 954. The van der Waals surface area contributed by atoms with Crippen molar-refractivity contribution in [2.24, 2.45) is 5.10 Å². The number of nitrogens with zero attached hydrogens (tertiary/aromatic N) is 2. The predicted molar refractivity (Wildman–Crippen MR) is 111 cm³/mol. The second-order valence-electron chi connectivity index (χ2n) is 5.97. The summed E-state index contributed by atoms with van der Waals surface area (Å²) in [4.78, 5) is 24.5. The van der Waals surface area contributed by atoms with Crippen LogP contribution in [0.3, 0.4) is 0 Å². The molecule has 2 aromatic rings. The third-order valence-electron chi connectivity index (χ3n) is 3.99. The molecular formula is C21H19BrN2O4. The van der Waals surface area contributed by atoms with Gasteiger partial charge in [0.15, 0.2) is 6.61 Å². The topological polar surface area (TPSA) is 68.2 Å². The van der Waals surface area contributed by atoms with E-state index in [1.54, 1.807) is 32.1 Å². The molecule has 1 aliphatic heterocycles. The highest BCUT2D eigenvalue weighted by Gasteiger charge is 2.28. The number of carbonyl (C=O) groups is 2. The van der Waals surface area contributed by atoms with Crippen molar-refractivity contribution in [2.75, 3.05) is 18.2 Å². The maximum atomic E-state index is 12.9. The molecule has 0 unspecified atom stereocenters. The maximum absolute atomic E-state index is 12.9. The average molecular weight is 443 g/mol. The first kappa shape index (κ1) is 19.8.